The summed E-state index contributed by atoms with van der Waals surface area (Å²) in [4.78, 5) is 23.5. The molecule has 0 heterocycles. The Morgan fingerprint density at radius 2 is 1.76 bits per heavy atom. The van der Waals surface area contributed by atoms with E-state index in [1.807, 2.05) is 19.1 Å². The van der Waals surface area contributed by atoms with Crippen molar-refractivity contribution in [2.24, 2.45) is 0 Å². The molecule has 0 unspecified atom stereocenters. The van der Waals surface area contributed by atoms with E-state index < -0.39 is 5.82 Å². The predicted octanol–water partition coefficient (Wildman–Crippen LogP) is 4.19. The van der Waals surface area contributed by atoms with Crippen molar-refractivity contribution in [3.63, 3.8) is 0 Å². The zero-order valence-corrected chi connectivity index (χ0v) is 14.7. The number of halogens is 2. The van der Waals surface area contributed by atoms with Crippen molar-refractivity contribution in [3.05, 3.63) is 52.8 Å². The van der Waals surface area contributed by atoms with Crippen molar-refractivity contribution in [1.82, 2.24) is 0 Å². The minimum atomic E-state index is -0.542. The molecule has 0 atom stereocenters. The Hall–Kier alpha value is -2.60. The van der Waals surface area contributed by atoms with Gasteiger partial charge in [0.25, 0.3) is 0 Å². The fourth-order valence-corrected chi connectivity index (χ4v) is 2.25. The van der Waals surface area contributed by atoms with Crippen LogP contribution >= 0.6 is 11.6 Å². The van der Waals surface area contributed by atoms with Crippen LogP contribution in [-0.4, -0.2) is 18.4 Å². The molecule has 2 aromatic carbocycles. The number of benzene rings is 2. The van der Waals surface area contributed by atoms with Crippen LogP contribution in [0.4, 0.5) is 21.5 Å². The van der Waals surface area contributed by atoms with Gasteiger partial charge in [-0.05, 0) is 42.8 Å². The summed E-state index contributed by atoms with van der Waals surface area (Å²) in [7, 11) is 0. The highest BCUT2D eigenvalue weighted by Gasteiger charge is 2.07. The quantitative estimate of drug-likeness (QED) is 0.720. The third-order valence-corrected chi connectivity index (χ3v) is 3.78. The summed E-state index contributed by atoms with van der Waals surface area (Å²) in [5.74, 6) is -0.923. The Morgan fingerprint density at radius 3 is 2.44 bits per heavy atom. The maximum absolute atomic E-state index is 13.1. The first-order valence-corrected chi connectivity index (χ1v) is 8.16. The second-order valence-corrected chi connectivity index (χ2v) is 5.87. The van der Waals surface area contributed by atoms with Crippen molar-refractivity contribution in [2.75, 3.05) is 22.5 Å². The van der Waals surface area contributed by atoms with Crippen LogP contribution in [0, 0.1) is 12.7 Å². The highest BCUT2D eigenvalue weighted by atomic mass is 35.5. The molecule has 0 aliphatic heterocycles. The van der Waals surface area contributed by atoms with E-state index in [0.29, 0.717) is 23.5 Å². The normalized spacial score (nSPS) is 10.2. The Kier molecular flexibility index (Phi) is 6.36. The molecule has 0 spiro atoms. The molecule has 0 bridgehead atoms. The van der Waals surface area contributed by atoms with Gasteiger partial charge in [0.05, 0.1) is 11.6 Å². The highest BCUT2D eigenvalue weighted by Crippen LogP contribution is 2.21. The lowest BCUT2D eigenvalue weighted by Gasteiger charge is -2.12. The highest BCUT2D eigenvalue weighted by molar-refractivity contribution is 6.31. The average molecular weight is 364 g/mol. The van der Waals surface area contributed by atoms with Crippen LogP contribution in [0.3, 0.4) is 0 Å². The summed E-state index contributed by atoms with van der Waals surface area (Å²) in [6.07, 6.45) is 0.389. The van der Waals surface area contributed by atoms with Gasteiger partial charge >= 0.3 is 0 Å². The van der Waals surface area contributed by atoms with Crippen LogP contribution in [-0.2, 0) is 9.59 Å². The van der Waals surface area contributed by atoms with Gasteiger partial charge in [-0.25, -0.2) is 4.39 Å². The first-order valence-electron chi connectivity index (χ1n) is 7.78. The molecule has 0 radical (unpaired) electrons. The summed E-state index contributed by atoms with van der Waals surface area (Å²) in [5, 5.41) is 8.36. The molecule has 0 aromatic heterocycles. The minimum absolute atomic E-state index is 0.0131. The lowest BCUT2D eigenvalue weighted by Crippen LogP contribution is -2.22. The molecule has 2 rings (SSSR count). The van der Waals surface area contributed by atoms with E-state index in [1.165, 1.54) is 18.2 Å². The van der Waals surface area contributed by atoms with Crippen LogP contribution in [0.15, 0.2) is 36.4 Å². The fraction of sp³-hybridized carbons (Fsp3) is 0.222. The Bertz CT molecular complexity index is 796. The Morgan fingerprint density at radius 1 is 1.04 bits per heavy atom. The summed E-state index contributed by atoms with van der Waals surface area (Å²) in [6.45, 7) is 3.68. The Labute approximate surface area is 150 Å². The summed E-state index contributed by atoms with van der Waals surface area (Å²) in [6, 6.07) is 9.41. The smallest absolute Gasteiger partial charge is 0.243 e. The molecule has 25 heavy (non-hydrogen) atoms. The summed E-state index contributed by atoms with van der Waals surface area (Å²) >= 11 is 5.68. The molecule has 0 fully saturated rings. The van der Waals surface area contributed by atoms with Crippen LogP contribution in [0.5, 0.6) is 0 Å². The van der Waals surface area contributed by atoms with Crippen LogP contribution < -0.4 is 16.0 Å². The molecule has 7 heteroatoms. The molecule has 0 aliphatic carbocycles. The third-order valence-electron chi connectivity index (χ3n) is 3.49. The number of aryl methyl sites for hydroxylation is 1. The van der Waals surface area contributed by atoms with Crippen molar-refractivity contribution in [1.29, 1.82) is 0 Å². The van der Waals surface area contributed by atoms with Gasteiger partial charge in [-0.15, -0.1) is 0 Å². The second kappa shape index (κ2) is 8.48. The number of hydrogen-bond acceptors (Lipinski definition) is 3. The molecule has 132 valence electrons. The molecule has 0 aliphatic rings. The molecule has 0 saturated carbocycles. The number of carbonyl (C=O) groups excluding carboxylic acids is 2. The van der Waals surface area contributed by atoms with Gasteiger partial charge in [-0.2, -0.15) is 0 Å². The monoisotopic (exact) mass is 363 g/mol. The van der Waals surface area contributed by atoms with Crippen molar-refractivity contribution < 1.29 is 14.0 Å². The van der Waals surface area contributed by atoms with E-state index in [1.54, 1.807) is 13.0 Å². The van der Waals surface area contributed by atoms with Gasteiger partial charge in [0.15, 0.2) is 0 Å². The third kappa shape index (κ3) is 5.46. The van der Waals surface area contributed by atoms with Crippen molar-refractivity contribution in [3.8, 4) is 0 Å². The minimum Gasteiger partial charge on any atom is -0.376 e. The van der Waals surface area contributed by atoms with E-state index in [4.69, 9.17) is 11.6 Å². The zero-order chi connectivity index (χ0) is 18.4. The van der Waals surface area contributed by atoms with E-state index >= 15 is 0 Å². The molecule has 0 saturated heterocycles. The molecular weight excluding hydrogens is 345 g/mol. The van der Waals surface area contributed by atoms with Gasteiger partial charge in [0.2, 0.25) is 11.8 Å². The first-order chi connectivity index (χ1) is 11.9. The van der Waals surface area contributed by atoms with E-state index in [0.717, 1.165) is 5.56 Å². The number of hydrogen-bond donors (Lipinski definition) is 3. The topological polar surface area (TPSA) is 70.2 Å². The van der Waals surface area contributed by atoms with Crippen molar-refractivity contribution >= 4 is 40.5 Å². The molecule has 3 N–H and O–H groups in total. The van der Waals surface area contributed by atoms with E-state index in [-0.39, 0.29) is 23.4 Å². The Balaban J connectivity index is 1.96. The van der Waals surface area contributed by atoms with E-state index in [9.17, 15) is 14.0 Å². The number of nitrogens with one attached hydrogen (secondary N) is 3. The number of carbonyl (C=O) groups is 2. The van der Waals surface area contributed by atoms with Gasteiger partial charge in [-0.1, -0.05) is 24.6 Å². The van der Waals surface area contributed by atoms with Gasteiger partial charge < -0.3 is 16.0 Å². The van der Waals surface area contributed by atoms with Crippen LogP contribution in [0.25, 0.3) is 0 Å². The fourth-order valence-electron chi connectivity index (χ4n) is 2.07. The summed E-state index contributed by atoms with van der Waals surface area (Å²) in [5.41, 5.74) is 2.74. The number of rotatable bonds is 6. The van der Waals surface area contributed by atoms with Gasteiger partial charge in [-0.3, -0.25) is 9.59 Å². The molecular formula is C18H19ClFN3O2. The van der Waals surface area contributed by atoms with Crippen LogP contribution in [0.2, 0.25) is 5.02 Å². The number of amides is 2. The molecule has 2 aromatic rings. The zero-order valence-electron chi connectivity index (χ0n) is 14.0. The first kappa shape index (κ1) is 18.7. The molecule has 2 amide bonds. The molecule has 5 nitrogen and oxygen atoms in total. The lowest BCUT2D eigenvalue weighted by molar-refractivity contribution is -0.116. The van der Waals surface area contributed by atoms with E-state index in [2.05, 4.69) is 16.0 Å². The average Bonchev–Trinajstić information content (AvgIpc) is 2.58. The largest absolute Gasteiger partial charge is 0.376 e. The maximum Gasteiger partial charge on any atom is 0.243 e. The maximum atomic E-state index is 13.1. The summed E-state index contributed by atoms with van der Waals surface area (Å²) < 4.78 is 13.1. The number of anilines is 3. The second-order valence-electron chi connectivity index (χ2n) is 5.46. The van der Waals surface area contributed by atoms with Gasteiger partial charge in [0.1, 0.15) is 5.82 Å². The SMILES string of the molecule is CCC(=O)Nc1cc(NCC(=O)Nc2ccc(F)c(Cl)c2)ccc1C. The standard InChI is InChI=1S/C18H19ClFN3O2/c1-3-17(24)23-16-9-12(5-4-11(16)2)21-10-18(25)22-13-6-7-15(20)14(19)8-13/h4-9,21H,3,10H2,1-2H3,(H,22,25)(H,23,24). The van der Waals surface area contributed by atoms with Crippen molar-refractivity contribution in [2.45, 2.75) is 20.3 Å². The van der Waals surface area contributed by atoms with Crippen LogP contribution in [0.1, 0.15) is 18.9 Å². The predicted molar refractivity (Wildman–Crippen MR) is 98.6 cm³/mol. The van der Waals surface area contributed by atoms with Gasteiger partial charge in [0, 0.05) is 23.5 Å². The lowest BCUT2D eigenvalue weighted by atomic mass is 10.1.